The number of aryl methyl sites for hydroxylation is 2. The lowest BCUT2D eigenvalue weighted by molar-refractivity contribution is 0.0635. The summed E-state index contributed by atoms with van der Waals surface area (Å²) in [5.41, 5.74) is 4.09. The molecule has 0 unspecified atom stereocenters. The van der Waals surface area contributed by atoms with Crippen molar-refractivity contribution >= 4 is 17.7 Å². The van der Waals surface area contributed by atoms with Crippen LogP contribution in [0.2, 0.25) is 0 Å². The Morgan fingerprint density at radius 1 is 1.04 bits per heavy atom. The number of nitrogens with one attached hydrogen (secondary N) is 1. The van der Waals surface area contributed by atoms with Crippen LogP contribution in [0.25, 0.3) is 0 Å². The molecule has 0 aliphatic heterocycles. The molecule has 0 fully saturated rings. The Kier molecular flexibility index (Phi) is 6.26. The molecule has 5 nitrogen and oxygen atoms in total. The molecule has 0 aromatic heterocycles. The molecule has 0 saturated carbocycles. The van der Waals surface area contributed by atoms with E-state index in [1.807, 2.05) is 0 Å². The molecule has 1 N–H and O–H groups in total. The predicted molar refractivity (Wildman–Crippen MR) is 108 cm³/mol. The summed E-state index contributed by atoms with van der Waals surface area (Å²) in [4.78, 5) is 26.2. The highest BCUT2D eigenvalue weighted by Gasteiger charge is 2.17. The second-order valence-electron chi connectivity index (χ2n) is 7.80. The number of amides is 2. The summed E-state index contributed by atoms with van der Waals surface area (Å²) in [7, 11) is 1.79. The summed E-state index contributed by atoms with van der Waals surface area (Å²) in [6.45, 7) is 10.1. The zero-order chi connectivity index (χ0) is 20.2. The number of benzene rings is 2. The third-order valence-corrected chi connectivity index (χ3v) is 4.03. The van der Waals surface area contributed by atoms with Gasteiger partial charge in [0.25, 0.3) is 5.91 Å². The Hall–Kier alpha value is -2.82. The molecule has 0 atom stereocenters. The van der Waals surface area contributed by atoms with Crippen molar-refractivity contribution in [3.05, 3.63) is 64.7 Å². The number of hydrogen-bond donors (Lipinski definition) is 1. The Bertz CT molecular complexity index is 820. The molecule has 0 saturated heterocycles. The Balaban J connectivity index is 2.01. The van der Waals surface area contributed by atoms with Gasteiger partial charge < -0.3 is 9.64 Å². The van der Waals surface area contributed by atoms with E-state index < -0.39 is 11.7 Å². The van der Waals surface area contributed by atoms with E-state index in [1.165, 1.54) is 11.1 Å². The fourth-order valence-corrected chi connectivity index (χ4v) is 2.69. The van der Waals surface area contributed by atoms with Gasteiger partial charge in [-0.3, -0.25) is 10.1 Å². The maximum Gasteiger partial charge on any atom is 0.412 e. The first-order valence-corrected chi connectivity index (χ1v) is 8.97. The number of hydrogen-bond acceptors (Lipinski definition) is 3. The van der Waals surface area contributed by atoms with Gasteiger partial charge in [-0.25, -0.2) is 4.79 Å². The standard InChI is InChI=1S/C22H28N2O3/c1-15-7-8-18(16(2)13-15)14-24(6)20(25)17-9-11-19(12-10-17)23-21(26)27-22(3,4)5/h7-13H,14H2,1-6H3,(H,23,26). The van der Waals surface area contributed by atoms with Crippen molar-refractivity contribution < 1.29 is 14.3 Å². The topological polar surface area (TPSA) is 58.6 Å². The van der Waals surface area contributed by atoms with Crippen molar-refractivity contribution in [1.29, 1.82) is 0 Å². The van der Waals surface area contributed by atoms with Crippen molar-refractivity contribution in [2.45, 2.75) is 46.8 Å². The summed E-state index contributed by atoms with van der Waals surface area (Å²) < 4.78 is 5.22. The van der Waals surface area contributed by atoms with E-state index in [9.17, 15) is 9.59 Å². The van der Waals surface area contributed by atoms with Crippen LogP contribution in [0.1, 0.15) is 47.8 Å². The molecule has 0 aliphatic carbocycles. The fraction of sp³-hybridized carbons (Fsp3) is 0.364. The zero-order valence-electron chi connectivity index (χ0n) is 16.9. The van der Waals surface area contributed by atoms with Crippen LogP contribution in [0.15, 0.2) is 42.5 Å². The van der Waals surface area contributed by atoms with Crippen LogP contribution in [0.3, 0.4) is 0 Å². The van der Waals surface area contributed by atoms with E-state index in [0.717, 1.165) is 5.56 Å². The minimum atomic E-state index is -0.559. The molecule has 0 bridgehead atoms. The van der Waals surface area contributed by atoms with E-state index in [1.54, 1.807) is 57.0 Å². The van der Waals surface area contributed by atoms with E-state index in [2.05, 4.69) is 37.4 Å². The Morgan fingerprint density at radius 2 is 1.67 bits per heavy atom. The van der Waals surface area contributed by atoms with E-state index >= 15 is 0 Å². The minimum Gasteiger partial charge on any atom is -0.444 e. The molecule has 2 amide bonds. The zero-order valence-corrected chi connectivity index (χ0v) is 16.9. The smallest absolute Gasteiger partial charge is 0.412 e. The monoisotopic (exact) mass is 368 g/mol. The van der Waals surface area contributed by atoms with Gasteiger partial charge in [0, 0.05) is 24.8 Å². The molecule has 5 heteroatoms. The highest BCUT2D eigenvalue weighted by molar-refractivity contribution is 5.95. The third-order valence-electron chi connectivity index (χ3n) is 4.03. The first-order chi connectivity index (χ1) is 12.5. The normalized spacial score (nSPS) is 11.0. The number of ether oxygens (including phenoxy) is 1. The van der Waals surface area contributed by atoms with Crippen LogP contribution in [-0.2, 0) is 11.3 Å². The largest absolute Gasteiger partial charge is 0.444 e. The molecule has 144 valence electrons. The summed E-state index contributed by atoms with van der Waals surface area (Å²) in [6.07, 6.45) is -0.520. The SMILES string of the molecule is Cc1ccc(CN(C)C(=O)c2ccc(NC(=O)OC(C)(C)C)cc2)c(C)c1. The average Bonchev–Trinajstić information content (AvgIpc) is 2.55. The molecule has 0 radical (unpaired) electrons. The van der Waals surface area contributed by atoms with E-state index in [0.29, 0.717) is 17.8 Å². The molecular weight excluding hydrogens is 340 g/mol. The van der Waals surface area contributed by atoms with Crippen molar-refractivity contribution in [3.63, 3.8) is 0 Å². The number of carbonyl (C=O) groups excluding carboxylic acids is 2. The Labute approximate surface area is 161 Å². The second-order valence-corrected chi connectivity index (χ2v) is 7.80. The van der Waals surface area contributed by atoms with Crippen molar-refractivity contribution in [2.24, 2.45) is 0 Å². The van der Waals surface area contributed by atoms with Gasteiger partial charge >= 0.3 is 6.09 Å². The molecule has 0 heterocycles. The van der Waals surface area contributed by atoms with Gasteiger partial charge in [-0.2, -0.15) is 0 Å². The maximum atomic E-state index is 12.7. The van der Waals surface area contributed by atoms with Crippen LogP contribution < -0.4 is 5.32 Å². The van der Waals surface area contributed by atoms with Gasteiger partial charge in [-0.1, -0.05) is 23.8 Å². The summed E-state index contributed by atoms with van der Waals surface area (Å²) >= 11 is 0. The molecule has 0 aliphatic rings. The van der Waals surface area contributed by atoms with Gasteiger partial charge in [-0.05, 0) is 70.0 Å². The minimum absolute atomic E-state index is 0.0706. The maximum absolute atomic E-state index is 12.7. The lowest BCUT2D eigenvalue weighted by Gasteiger charge is -2.20. The van der Waals surface area contributed by atoms with Crippen LogP contribution >= 0.6 is 0 Å². The van der Waals surface area contributed by atoms with Crippen LogP contribution in [0, 0.1) is 13.8 Å². The molecular formula is C22H28N2O3. The quantitative estimate of drug-likeness (QED) is 0.833. The number of carbonyl (C=O) groups is 2. The van der Waals surface area contributed by atoms with Gasteiger partial charge in [0.05, 0.1) is 0 Å². The molecule has 0 spiro atoms. The van der Waals surface area contributed by atoms with Gasteiger partial charge in [0.2, 0.25) is 0 Å². The lowest BCUT2D eigenvalue weighted by atomic mass is 10.1. The van der Waals surface area contributed by atoms with Crippen molar-refractivity contribution in [1.82, 2.24) is 4.90 Å². The van der Waals surface area contributed by atoms with Gasteiger partial charge in [0.15, 0.2) is 0 Å². The lowest BCUT2D eigenvalue weighted by Crippen LogP contribution is -2.27. The fourth-order valence-electron chi connectivity index (χ4n) is 2.69. The molecule has 2 aromatic carbocycles. The number of rotatable bonds is 4. The van der Waals surface area contributed by atoms with Crippen LogP contribution in [-0.4, -0.2) is 29.5 Å². The third kappa shape index (κ3) is 6.13. The van der Waals surface area contributed by atoms with Crippen molar-refractivity contribution in [2.75, 3.05) is 12.4 Å². The Morgan fingerprint density at radius 3 is 2.22 bits per heavy atom. The highest BCUT2D eigenvalue weighted by Crippen LogP contribution is 2.16. The first kappa shape index (κ1) is 20.5. The van der Waals surface area contributed by atoms with E-state index in [4.69, 9.17) is 4.74 Å². The van der Waals surface area contributed by atoms with Crippen molar-refractivity contribution in [3.8, 4) is 0 Å². The molecule has 2 rings (SSSR count). The summed E-state index contributed by atoms with van der Waals surface area (Å²) in [5.74, 6) is -0.0706. The number of nitrogens with zero attached hydrogens (tertiary/aromatic N) is 1. The number of anilines is 1. The first-order valence-electron chi connectivity index (χ1n) is 8.97. The van der Waals surface area contributed by atoms with Gasteiger partial charge in [0.1, 0.15) is 5.60 Å². The predicted octanol–water partition coefficient (Wildman–Crippen LogP) is 4.92. The second kappa shape index (κ2) is 8.25. The summed E-state index contributed by atoms with van der Waals surface area (Å²) in [6, 6.07) is 13.0. The van der Waals surface area contributed by atoms with Crippen LogP contribution in [0.4, 0.5) is 10.5 Å². The van der Waals surface area contributed by atoms with Crippen LogP contribution in [0.5, 0.6) is 0 Å². The highest BCUT2D eigenvalue weighted by atomic mass is 16.6. The van der Waals surface area contributed by atoms with E-state index in [-0.39, 0.29) is 5.91 Å². The molecule has 27 heavy (non-hydrogen) atoms. The summed E-state index contributed by atoms with van der Waals surface area (Å²) in [5, 5.41) is 2.66. The average molecular weight is 368 g/mol. The van der Waals surface area contributed by atoms with Gasteiger partial charge in [-0.15, -0.1) is 0 Å². The molecule has 2 aromatic rings.